The summed E-state index contributed by atoms with van der Waals surface area (Å²) in [5.74, 6) is -0.648. The molecule has 104 valence electrons. The van der Waals surface area contributed by atoms with Crippen molar-refractivity contribution in [3.8, 4) is 0 Å². The zero-order chi connectivity index (χ0) is 13.0. The van der Waals surface area contributed by atoms with Crippen molar-refractivity contribution in [2.24, 2.45) is 0 Å². The van der Waals surface area contributed by atoms with Gasteiger partial charge in [0, 0.05) is 24.2 Å². The van der Waals surface area contributed by atoms with E-state index in [1.807, 2.05) is 0 Å². The Morgan fingerprint density at radius 3 is 2.50 bits per heavy atom. The van der Waals surface area contributed by atoms with Gasteiger partial charge in [0.25, 0.3) is 0 Å². The van der Waals surface area contributed by atoms with Crippen molar-refractivity contribution in [2.45, 2.75) is 63.4 Å². The van der Waals surface area contributed by atoms with Gasteiger partial charge >= 0.3 is 5.97 Å². The summed E-state index contributed by atoms with van der Waals surface area (Å²) in [6.45, 7) is 1.79. The fourth-order valence-corrected chi connectivity index (χ4v) is 3.37. The van der Waals surface area contributed by atoms with E-state index in [0.29, 0.717) is 12.7 Å². The van der Waals surface area contributed by atoms with Crippen LogP contribution in [0.3, 0.4) is 0 Å². The molecule has 2 saturated heterocycles. The number of hydrogen-bond acceptors (Lipinski definition) is 4. The number of esters is 1. The number of hydrogen-bond donors (Lipinski definition) is 0. The van der Waals surface area contributed by atoms with Gasteiger partial charge in [0.1, 0.15) is 6.61 Å². The second-order valence-corrected chi connectivity index (χ2v) is 6.01. The van der Waals surface area contributed by atoms with Gasteiger partial charge in [0.2, 0.25) is 0 Å². The average Bonchev–Trinajstić information content (AvgIpc) is 2.36. The second-order valence-electron chi connectivity index (χ2n) is 5.13. The highest BCUT2D eigenvalue weighted by molar-refractivity contribution is 14.1. The van der Waals surface area contributed by atoms with Gasteiger partial charge in [-0.2, -0.15) is 0 Å². The number of alkyl halides is 1. The summed E-state index contributed by atoms with van der Waals surface area (Å²) in [4.78, 5) is 10.8. The van der Waals surface area contributed by atoms with Crippen LogP contribution in [0, 0.1) is 0 Å². The van der Waals surface area contributed by atoms with E-state index in [1.54, 1.807) is 0 Å². The van der Waals surface area contributed by atoms with Gasteiger partial charge < -0.3 is 14.2 Å². The van der Waals surface area contributed by atoms with E-state index >= 15 is 0 Å². The van der Waals surface area contributed by atoms with Crippen LogP contribution >= 0.6 is 22.6 Å². The highest BCUT2D eigenvalue weighted by Gasteiger charge is 2.42. The van der Waals surface area contributed by atoms with Gasteiger partial charge in [-0.3, -0.25) is 4.79 Å². The first-order chi connectivity index (χ1) is 8.63. The Balaban J connectivity index is 1.90. The molecular formula is C13H21IO4. The molecule has 0 aliphatic carbocycles. The van der Waals surface area contributed by atoms with Crippen molar-refractivity contribution in [1.82, 2.24) is 0 Å². The monoisotopic (exact) mass is 368 g/mol. The predicted molar refractivity (Wildman–Crippen MR) is 75.7 cm³/mol. The zero-order valence-electron chi connectivity index (χ0n) is 10.8. The Bertz CT molecular complexity index is 293. The molecule has 2 fully saturated rings. The maximum absolute atomic E-state index is 10.8. The smallest absolute Gasteiger partial charge is 0.302 e. The third-order valence-corrected chi connectivity index (χ3v) is 4.56. The lowest BCUT2D eigenvalue weighted by Crippen LogP contribution is -2.49. The first-order valence-electron chi connectivity index (χ1n) is 6.68. The standard InChI is InChI=1S/C13H21IO4/c1-10(15)16-9-12-5-3-7-13(18-12)6-2-4-11(8-14)17-13/h11-12H,2-9H2,1H3/t11-,12-,13-/m0/s1. The highest BCUT2D eigenvalue weighted by atomic mass is 127. The second kappa shape index (κ2) is 6.52. The van der Waals surface area contributed by atoms with E-state index in [1.165, 1.54) is 6.92 Å². The number of carbonyl (C=O) groups is 1. The van der Waals surface area contributed by atoms with Crippen LogP contribution in [0.2, 0.25) is 0 Å². The van der Waals surface area contributed by atoms with Crippen molar-refractivity contribution in [2.75, 3.05) is 11.0 Å². The van der Waals surface area contributed by atoms with Crippen LogP contribution in [0.25, 0.3) is 0 Å². The fourth-order valence-electron chi connectivity index (χ4n) is 2.75. The molecule has 4 nitrogen and oxygen atoms in total. The molecule has 18 heavy (non-hydrogen) atoms. The zero-order valence-corrected chi connectivity index (χ0v) is 13.0. The molecule has 0 bridgehead atoms. The Morgan fingerprint density at radius 2 is 1.89 bits per heavy atom. The van der Waals surface area contributed by atoms with Crippen LogP contribution in [-0.2, 0) is 19.0 Å². The molecule has 3 atom stereocenters. The molecule has 5 heteroatoms. The summed E-state index contributed by atoms with van der Waals surface area (Å²) in [6.07, 6.45) is 6.57. The van der Waals surface area contributed by atoms with Crippen LogP contribution in [0.5, 0.6) is 0 Å². The van der Waals surface area contributed by atoms with E-state index in [0.717, 1.165) is 43.0 Å². The number of rotatable bonds is 3. The number of ether oxygens (including phenoxy) is 3. The lowest BCUT2D eigenvalue weighted by Gasteiger charge is -2.45. The minimum Gasteiger partial charge on any atom is -0.463 e. The molecule has 0 unspecified atom stereocenters. The topological polar surface area (TPSA) is 44.8 Å². The summed E-state index contributed by atoms with van der Waals surface area (Å²) in [6, 6.07) is 0. The molecular weight excluding hydrogens is 347 g/mol. The van der Waals surface area contributed by atoms with Gasteiger partial charge in [0.15, 0.2) is 5.79 Å². The quantitative estimate of drug-likeness (QED) is 0.437. The van der Waals surface area contributed by atoms with Crippen molar-refractivity contribution in [3.63, 3.8) is 0 Å². The summed E-state index contributed by atoms with van der Waals surface area (Å²) >= 11 is 2.37. The largest absolute Gasteiger partial charge is 0.463 e. The van der Waals surface area contributed by atoms with Gasteiger partial charge in [-0.05, 0) is 25.7 Å². The summed E-state index contributed by atoms with van der Waals surface area (Å²) in [5.41, 5.74) is 0. The molecule has 1 spiro atoms. The molecule has 0 aromatic heterocycles. The third-order valence-electron chi connectivity index (χ3n) is 3.58. The van der Waals surface area contributed by atoms with Crippen LogP contribution in [0.1, 0.15) is 45.4 Å². The van der Waals surface area contributed by atoms with Crippen molar-refractivity contribution >= 4 is 28.6 Å². The molecule has 2 rings (SSSR count). The van der Waals surface area contributed by atoms with Gasteiger partial charge in [-0.15, -0.1) is 0 Å². The number of carbonyl (C=O) groups excluding carboxylic acids is 1. The van der Waals surface area contributed by atoms with E-state index in [9.17, 15) is 4.79 Å². The molecule has 0 N–H and O–H groups in total. The van der Waals surface area contributed by atoms with Crippen LogP contribution in [-0.4, -0.2) is 35.0 Å². The van der Waals surface area contributed by atoms with Crippen molar-refractivity contribution < 1.29 is 19.0 Å². The SMILES string of the molecule is CC(=O)OC[C@@H]1CCC[C@]2(CCC[C@@H](CI)O2)O1. The van der Waals surface area contributed by atoms with E-state index < -0.39 is 5.79 Å². The summed E-state index contributed by atoms with van der Waals surface area (Å²) in [5, 5.41) is 0. The van der Waals surface area contributed by atoms with Crippen molar-refractivity contribution in [3.05, 3.63) is 0 Å². The lowest BCUT2D eigenvalue weighted by molar-refractivity contribution is -0.314. The van der Waals surface area contributed by atoms with Gasteiger partial charge in [0.05, 0.1) is 12.2 Å². The van der Waals surface area contributed by atoms with Crippen LogP contribution < -0.4 is 0 Å². The predicted octanol–water partition coefficient (Wildman–Crippen LogP) is 2.82. The first kappa shape index (κ1) is 14.5. The third kappa shape index (κ3) is 3.81. The van der Waals surface area contributed by atoms with E-state index in [-0.39, 0.29) is 12.1 Å². The summed E-state index contributed by atoms with van der Waals surface area (Å²) < 4.78 is 18.3. The van der Waals surface area contributed by atoms with Crippen LogP contribution in [0.15, 0.2) is 0 Å². The lowest BCUT2D eigenvalue weighted by atomic mass is 9.93. The molecule has 0 amide bonds. The average molecular weight is 368 g/mol. The Hall–Kier alpha value is 0.120. The normalized spacial score (nSPS) is 36.6. The highest BCUT2D eigenvalue weighted by Crippen LogP contribution is 2.39. The fraction of sp³-hybridized carbons (Fsp3) is 0.923. The molecule has 2 heterocycles. The molecule has 0 radical (unpaired) electrons. The number of halogens is 1. The maximum Gasteiger partial charge on any atom is 0.302 e. The van der Waals surface area contributed by atoms with E-state index in [4.69, 9.17) is 14.2 Å². The summed E-state index contributed by atoms with van der Waals surface area (Å²) in [7, 11) is 0. The molecule has 2 aliphatic heterocycles. The van der Waals surface area contributed by atoms with Gasteiger partial charge in [-0.1, -0.05) is 22.6 Å². The molecule has 2 aliphatic rings. The van der Waals surface area contributed by atoms with E-state index in [2.05, 4.69) is 22.6 Å². The Labute approximate surface area is 122 Å². The Kier molecular flexibility index (Phi) is 5.26. The first-order valence-corrected chi connectivity index (χ1v) is 8.21. The molecule has 0 saturated carbocycles. The molecule has 0 aromatic carbocycles. The van der Waals surface area contributed by atoms with Crippen molar-refractivity contribution in [1.29, 1.82) is 0 Å². The minimum atomic E-state index is -0.406. The molecule has 0 aromatic rings. The Morgan fingerprint density at radius 1 is 1.28 bits per heavy atom. The maximum atomic E-state index is 10.8. The minimum absolute atomic E-state index is 0.00406. The van der Waals surface area contributed by atoms with Gasteiger partial charge in [-0.25, -0.2) is 0 Å². The van der Waals surface area contributed by atoms with Crippen LogP contribution in [0.4, 0.5) is 0 Å².